The molecule has 1 nitrogen and oxygen atoms in total. The Morgan fingerprint density at radius 3 is 2.29 bits per heavy atom. The van der Waals surface area contributed by atoms with Crippen molar-refractivity contribution in [1.82, 2.24) is 0 Å². The number of hydrogen-bond acceptors (Lipinski definition) is 1. The molecule has 1 N–H and O–H groups in total. The summed E-state index contributed by atoms with van der Waals surface area (Å²) in [6.45, 7) is 0.598. The molecule has 3 aromatic carbocycles. The molecule has 3 aromatic rings. The average molecular weight is 381 g/mol. The van der Waals surface area contributed by atoms with Gasteiger partial charge in [-0.3, -0.25) is 0 Å². The zero-order chi connectivity index (χ0) is 14.8. The van der Waals surface area contributed by atoms with Gasteiger partial charge >= 0.3 is 0 Å². The fraction of sp³-hybridized carbons (Fsp3) is 0.0588. The summed E-state index contributed by atoms with van der Waals surface area (Å²) in [6.07, 6.45) is 0. The van der Waals surface area contributed by atoms with Gasteiger partial charge in [-0.15, -0.1) is 0 Å². The third-order valence-electron chi connectivity index (χ3n) is 3.33. The number of benzene rings is 3. The fourth-order valence-electron chi connectivity index (χ4n) is 2.22. The lowest BCUT2D eigenvalue weighted by atomic mass is 10.1. The quantitative estimate of drug-likeness (QED) is 0.545. The highest BCUT2D eigenvalue weighted by atomic mass is 79.9. The summed E-state index contributed by atoms with van der Waals surface area (Å²) in [5.74, 6) is 0. The first-order chi connectivity index (χ1) is 10.1. The van der Waals surface area contributed by atoms with Crippen LogP contribution in [0.1, 0.15) is 5.56 Å². The molecule has 21 heavy (non-hydrogen) atoms. The van der Waals surface area contributed by atoms with Crippen molar-refractivity contribution in [2.75, 3.05) is 5.32 Å². The first-order valence-electron chi connectivity index (χ1n) is 6.49. The molecule has 0 amide bonds. The molecule has 3 rings (SSSR count). The van der Waals surface area contributed by atoms with Gasteiger partial charge in [0.25, 0.3) is 0 Å². The first-order valence-corrected chi connectivity index (χ1v) is 8.04. The first kappa shape index (κ1) is 14.7. The molecule has 0 bridgehead atoms. The number of hydrogen-bond donors (Lipinski definition) is 1. The van der Waals surface area contributed by atoms with Gasteiger partial charge in [0.1, 0.15) is 0 Å². The Balaban J connectivity index is 1.84. The maximum Gasteiger partial charge on any atom is 0.0470 e. The van der Waals surface area contributed by atoms with Crippen LogP contribution in [0.2, 0.25) is 10.0 Å². The SMILES string of the molecule is Clc1cccc(Cl)c1CNc1ccc2cc(Br)ccc2c1. The summed E-state index contributed by atoms with van der Waals surface area (Å²) >= 11 is 15.8. The van der Waals surface area contributed by atoms with E-state index in [-0.39, 0.29) is 0 Å². The van der Waals surface area contributed by atoms with Crippen molar-refractivity contribution in [3.63, 3.8) is 0 Å². The lowest BCUT2D eigenvalue weighted by Gasteiger charge is -2.10. The molecular weight excluding hydrogens is 369 g/mol. The predicted octanol–water partition coefficient (Wildman–Crippen LogP) is 6.52. The number of rotatable bonds is 3. The smallest absolute Gasteiger partial charge is 0.0470 e. The Morgan fingerprint density at radius 1 is 0.857 bits per heavy atom. The molecule has 4 heteroatoms. The van der Waals surface area contributed by atoms with Gasteiger partial charge in [0, 0.05) is 32.3 Å². The summed E-state index contributed by atoms with van der Waals surface area (Å²) in [5, 5.41) is 7.12. The maximum atomic E-state index is 6.18. The Hall–Kier alpha value is -1.22. The van der Waals surface area contributed by atoms with Crippen LogP contribution in [0.5, 0.6) is 0 Å². The van der Waals surface area contributed by atoms with Gasteiger partial charge in [-0.05, 0) is 47.2 Å². The van der Waals surface area contributed by atoms with Crippen LogP contribution >= 0.6 is 39.1 Å². The molecule has 0 radical (unpaired) electrons. The van der Waals surface area contributed by atoms with Crippen molar-refractivity contribution in [2.45, 2.75) is 6.54 Å². The summed E-state index contributed by atoms with van der Waals surface area (Å²) in [4.78, 5) is 0. The van der Waals surface area contributed by atoms with Crippen molar-refractivity contribution in [3.05, 3.63) is 74.7 Å². The van der Waals surface area contributed by atoms with Crippen LogP contribution in [0.15, 0.2) is 59.1 Å². The van der Waals surface area contributed by atoms with Crippen LogP contribution in [0, 0.1) is 0 Å². The molecule has 0 atom stereocenters. The van der Waals surface area contributed by atoms with Crippen molar-refractivity contribution in [3.8, 4) is 0 Å². The zero-order valence-electron chi connectivity index (χ0n) is 11.0. The number of nitrogens with one attached hydrogen (secondary N) is 1. The number of anilines is 1. The fourth-order valence-corrected chi connectivity index (χ4v) is 3.13. The minimum absolute atomic E-state index is 0.598. The molecule has 0 aliphatic rings. The summed E-state index contributed by atoms with van der Waals surface area (Å²) in [6, 6.07) is 18.0. The lowest BCUT2D eigenvalue weighted by molar-refractivity contribution is 1.15. The van der Waals surface area contributed by atoms with Gasteiger partial charge in [0.05, 0.1) is 0 Å². The van der Waals surface area contributed by atoms with E-state index < -0.39 is 0 Å². The molecule has 0 heterocycles. The minimum atomic E-state index is 0.598. The summed E-state index contributed by atoms with van der Waals surface area (Å²) in [7, 11) is 0. The van der Waals surface area contributed by atoms with Crippen molar-refractivity contribution >= 4 is 55.6 Å². The third-order valence-corrected chi connectivity index (χ3v) is 4.53. The highest BCUT2D eigenvalue weighted by Gasteiger charge is 2.05. The van der Waals surface area contributed by atoms with Gasteiger partial charge in [0.15, 0.2) is 0 Å². The largest absolute Gasteiger partial charge is 0.381 e. The number of fused-ring (bicyclic) bond motifs is 1. The summed E-state index contributed by atoms with van der Waals surface area (Å²) < 4.78 is 1.08. The van der Waals surface area contributed by atoms with E-state index in [1.54, 1.807) is 0 Å². The third kappa shape index (κ3) is 3.34. The zero-order valence-corrected chi connectivity index (χ0v) is 14.1. The van der Waals surface area contributed by atoms with Crippen LogP contribution in [-0.2, 0) is 6.54 Å². The molecule has 0 fully saturated rings. The van der Waals surface area contributed by atoms with E-state index in [1.807, 2.05) is 24.3 Å². The van der Waals surface area contributed by atoms with Gasteiger partial charge < -0.3 is 5.32 Å². The molecule has 0 spiro atoms. The minimum Gasteiger partial charge on any atom is -0.381 e. The number of halogens is 3. The normalized spacial score (nSPS) is 10.8. The van der Waals surface area contributed by atoms with Crippen LogP contribution in [0.4, 0.5) is 5.69 Å². The second-order valence-corrected chi connectivity index (χ2v) is 6.49. The van der Waals surface area contributed by atoms with Crippen molar-refractivity contribution < 1.29 is 0 Å². The van der Waals surface area contributed by atoms with E-state index in [1.165, 1.54) is 10.8 Å². The molecule has 0 unspecified atom stereocenters. The Bertz CT molecular complexity index is 782. The molecule has 0 aromatic heterocycles. The maximum absolute atomic E-state index is 6.18. The average Bonchev–Trinajstić information content (AvgIpc) is 2.47. The Labute approximate surface area is 142 Å². The topological polar surface area (TPSA) is 12.0 Å². The van der Waals surface area contributed by atoms with Gasteiger partial charge in [-0.1, -0.05) is 57.3 Å². The standard InChI is InChI=1S/C17H12BrCl2N/c18-13-6-4-12-9-14(7-5-11(12)8-13)21-10-15-16(19)2-1-3-17(15)20/h1-9,21H,10H2. The molecule has 106 valence electrons. The highest BCUT2D eigenvalue weighted by molar-refractivity contribution is 9.10. The molecule has 0 saturated heterocycles. The second kappa shape index (κ2) is 6.27. The van der Waals surface area contributed by atoms with Crippen LogP contribution in [0.3, 0.4) is 0 Å². The van der Waals surface area contributed by atoms with Crippen molar-refractivity contribution in [1.29, 1.82) is 0 Å². The van der Waals surface area contributed by atoms with Crippen LogP contribution in [-0.4, -0.2) is 0 Å². The summed E-state index contributed by atoms with van der Waals surface area (Å²) in [5.41, 5.74) is 1.96. The molecule has 0 aliphatic heterocycles. The van der Waals surface area contributed by atoms with Crippen LogP contribution in [0.25, 0.3) is 10.8 Å². The Kier molecular flexibility index (Phi) is 4.39. The van der Waals surface area contributed by atoms with Gasteiger partial charge in [-0.25, -0.2) is 0 Å². The van der Waals surface area contributed by atoms with Gasteiger partial charge in [-0.2, -0.15) is 0 Å². The molecule has 0 aliphatic carbocycles. The lowest BCUT2D eigenvalue weighted by Crippen LogP contribution is -2.00. The monoisotopic (exact) mass is 379 g/mol. The van der Waals surface area contributed by atoms with Crippen molar-refractivity contribution in [2.24, 2.45) is 0 Å². The second-order valence-electron chi connectivity index (χ2n) is 4.76. The van der Waals surface area contributed by atoms with E-state index in [9.17, 15) is 0 Å². The Morgan fingerprint density at radius 2 is 1.52 bits per heavy atom. The van der Waals surface area contributed by atoms with E-state index in [0.717, 1.165) is 15.7 Å². The van der Waals surface area contributed by atoms with Gasteiger partial charge in [0.2, 0.25) is 0 Å². The molecule has 0 saturated carbocycles. The molecular formula is C17H12BrCl2N. The van der Waals surface area contributed by atoms with E-state index in [2.05, 4.69) is 51.6 Å². The van der Waals surface area contributed by atoms with E-state index in [0.29, 0.717) is 16.6 Å². The highest BCUT2D eigenvalue weighted by Crippen LogP contribution is 2.27. The predicted molar refractivity (Wildman–Crippen MR) is 95.4 cm³/mol. The van der Waals surface area contributed by atoms with E-state index in [4.69, 9.17) is 23.2 Å². The van der Waals surface area contributed by atoms with E-state index >= 15 is 0 Å². The van der Waals surface area contributed by atoms with Crippen LogP contribution < -0.4 is 5.32 Å².